The minimum Gasteiger partial charge on any atom is -1.00 e. The molecule has 0 nitrogen and oxygen atoms in total. The fourth-order valence-electron chi connectivity index (χ4n) is 11.4. The summed E-state index contributed by atoms with van der Waals surface area (Å²) in [6.45, 7) is 0. The Kier molecular flexibility index (Phi) is 18.4. The van der Waals surface area contributed by atoms with Gasteiger partial charge in [-0.2, -0.15) is 12.1 Å². The van der Waals surface area contributed by atoms with E-state index < -0.39 is 0 Å². The van der Waals surface area contributed by atoms with E-state index in [0.29, 0.717) is 0 Å². The molecule has 308 valence electrons. The van der Waals surface area contributed by atoms with Crippen LogP contribution in [0.1, 0.15) is 128 Å². The third kappa shape index (κ3) is 11.1. The summed E-state index contributed by atoms with van der Waals surface area (Å²) in [5, 5.41) is 9.29. The Bertz CT molecular complexity index is 1930. The molecule has 0 unspecified atom stereocenters. The molecular weight excluding hydrogens is 960 g/mol. The third-order valence-corrected chi connectivity index (χ3v) is 21.0. The smallest absolute Gasteiger partial charge is 1.00 e. The predicted molar refractivity (Wildman–Crippen MR) is 251 cm³/mol. The van der Waals surface area contributed by atoms with Crippen molar-refractivity contribution in [2.45, 2.75) is 151 Å². The average molecular weight is 1020 g/mol. The largest absolute Gasteiger partial charge is 4.00 e. The fraction of sp³-hybridized carbons (Fsp3) is 0.444. The molecule has 0 bridgehead atoms. The minimum absolute atomic E-state index is 0. The topological polar surface area (TPSA) is 0 Å². The van der Waals surface area contributed by atoms with Crippen molar-refractivity contribution in [2.24, 2.45) is 0 Å². The SMILES string of the molecule is [Cl-].[Cl-].[Hf+4].c1ccc(-c2cccc3[cH-]c(P(C4CCCCC4)C4CCCCC4)cc23)cc1.c1ccc(-c2cccc3[cH-]c(P(C4CCCCC4)C4CCCCC4)cc23)cc1. The van der Waals surface area contributed by atoms with Crippen molar-refractivity contribution < 1.29 is 50.7 Å². The van der Waals surface area contributed by atoms with E-state index in [1.54, 1.807) is 10.6 Å². The molecule has 0 atom stereocenters. The van der Waals surface area contributed by atoms with Crippen LogP contribution in [-0.4, -0.2) is 22.6 Å². The normalized spacial score (nSPS) is 18.5. The van der Waals surface area contributed by atoms with Crippen LogP contribution in [0.2, 0.25) is 0 Å². The van der Waals surface area contributed by atoms with Gasteiger partial charge in [0.15, 0.2) is 0 Å². The molecule has 0 heterocycles. The Morgan fingerprint density at radius 1 is 0.356 bits per heavy atom. The van der Waals surface area contributed by atoms with Crippen molar-refractivity contribution in [3.05, 3.63) is 121 Å². The van der Waals surface area contributed by atoms with Crippen molar-refractivity contribution in [1.82, 2.24) is 0 Å². The first-order valence-corrected chi connectivity index (χ1v) is 25.8. The molecule has 4 aliphatic rings. The maximum absolute atomic E-state index is 2.60. The molecule has 6 aromatic rings. The van der Waals surface area contributed by atoms with Gasteiger partial charge in [0.1, 0.15) is 0 Å². The molecule has 0 aromatic heterocycles. The molecule has 0 spiro atoms. The van der Waals surface area contributed by atoms with Gasteiger partial charge >= 0.3 is 25.8 Å². The van der Waals surface area contributed by atoms with E-state index in [1.807, 2.05) is 0 Å². The van der Waals surface area contributed by atoms with Crippen LogP contribution in [0.5, 0.6) is 0 Å². The van der Waals surface area contributed by atoms with Crippen LogP contribution in [0.4, 0.5) is 0 Å². The summed E-state index contributed by atoms with van der Waals surface area (Å²) < 4.78 is 0. The first kappa shape index (κ1) is 46.9. The summed E-state index contributed by atoms with van der Waals surface area (Å²) in [7, 11) is -0.0404. The van der Waals surface area contributed by atoms with E-state index in [9.17, 15) is 0 Å². The fourth-order valence-corrected chi connectivity index (χ4v) is 19.0. The van der Waals surface area contributed by atoms with E-state index in [-0.39, 0.29) is 66.5 Å². The number of rotatable bonds is 8. The summed E-state index contributed by atoms with van der Waals surface area (Å²) >= 11 is 0. The zero-order valence-corrected chi connectivity index (χ0v) is 42.0. The number of hydrogen-bond donors (Lipinski definition) is 0. The van der Waals surface area contributed by atoms with Gasteiger partial charge < -0.3 is 24.8 Å². The summed E-state index contributed by atoms with van der Waals surface area (Å²) in [4.78, 5) is 0. The molecule has 4 fully saturated rings. The second-order valence-corrected chi connectivity index (χ2v) is 23.3. The summed E-state index contributed by atoms with van der Waals surface area (Å²) in [5.74, 6) is 0. The Morgan fingerprint density at radius 3 is 0.966 bits per heavy atom. The molecule has 10 rings (SSSR count). The first-order chi connectivity index (χ1) is 27.8. The van der Waals surface area contributed by atoms with E-state index in [2.05, 4.69) is 121 Å². The van der Waals surface area contributed by atoms with Crippen LogP contribution in [0.25, 0.3) is 43.8 Å². The molecule has 4 saturated carbocycles. The maximum Gasteiger partial charge on any atom is 4.00 e. The quantitative estimate of drug-likeness (QED) is 0.0810. The zero-order chi connectivity index (χ0) is 37.5. The van der Waals surface area contributed by atoms with Crippen LogP contribution < -0.4 is 35.4 Å². The van der Waals surface area contributed by atoms with Gasteiger partial charge in [0.2, 0.25) is 0 Å². The van der Waals surface area contributed by atoms with Gasteiger partial charge in [0.25, 0.3) is 0 Å². The first-order valence-electron chi connectivity index (χ1n) is 22.9. The third-order valence-electron chi connectivity index (χ3n) is 14.1. The van der Waals surface area contributed by atoms with E-state index in [4.69, 9.17) is 0 Å². The molecule has 5 heteroatoms. The van der Waals surface area contributed by atoms with Crippen molar-refractivity contribution in [1.29, 1.82) is 0 Å². The molecule has 0 N–H and O–H groups in total. The van der Waals surface area contributed by atoms with Crippen LogP contribution in [0.15, 0.2) is 121 Å². The second kappa shape index (κ2) is 23.2. The van der Waals surface area contributed by atoms with Gasteiger partial charge in [-0.05, 0) is 85.1 Å². The Morgan fingerprint density at radius 2 is 0.661 bits per heavy atom. The van der Waals surface area contributed by atoms with Crippen molar-refractivity contribution >= 4 is 48.0 Å². The Hall–Kier alpha value is -1.59. The molecule has 0 saturated heterocycles. The molecule has 59 heavy (non-hydrogen) atoms. The molecule has 0 aliphatic heterocycles. The van der Waals surface area contributed by atoms with Gasteiger partial charge in [0, 0.05) is 0 Å². The van der Waals surface area contributed by atoms with Gasteiger partial charge in [0.05, 0.1) is 0 Å². The molecule has 4 aliphatic carbocycles. The van der Waals surface area contributed by atoms with Crippen molar-refractivity contribution in [3.8, 4) is 22.3 Å². The van der Waals surface area contributed by atoms with Gasteiger partial charge in [-0.3, -0.25) is 0 Å². The Balaban J connectivity index is 0.000000189. The molecule has 0 radical (unpaired) electrons. The van der Waals surface area contributed by atoms with Gasteiger partial charge in [-0.15, -0.1) is 68.6 Å². The monoisotopic (exact) mass is 1020 g/mol. The van der Waals surface area contributed by atoms with E-state index in [0.717, 1.165) is 22.6 Å². The van der Waals surface area contributed by atoms with Gasteiger partial charge in [-0.1, -0.05) is 177 Å². The number of benzene rings is 4. The predicted octanol–water partition coefficient (Wildman–Crippen LogP) is 10.0. The standard InChI is InChI=1S/2C27H32P.2ClH.Hf/c2*1-4-11-21(12-5-1)26-18-10-13-22-19-25(20-27(22)26)28(23-14-6-2-7-15-23)24-16-8-3-9-17-24;;;/h2*1,4-5,10-13,18-20,23-24H,2-3,6-9,14-17H2;2*1H;/q2*-1;;;+4/p-2. The number of fused-ring (bicyclic) bond motifs is 2. The summed E-state index contributed by atoms with van der Waals surface area (Å²) in [5.41, 5.74) is 9.42. The number of hydrogen-bond acceptors (Lipinski definition) is 0. The van der Waals surface area contributed by atoms with Crippen molar-refractivity contribution in [3.63, 3.8) is 0 Å². The van der Waals surface area contributed by atoms with E-state index in [1.165, 1.54) is 172 Å². The Labute approximate surface area is 390 Å². The van der Waals surface area contributed by atoms with Crippen LogP contribution >= 0.6 is 15.8 Å². The summed E-state index contributed by atoms with van der Waals surface area (Å²) in [6.07, 6.45) is 29.4. The van der Waals surface area contributed by atoms with Crippen LogP contribution in [0.3, 0.4) is 0 Å². The molecular formula is C54H64Cl2HfP2. The average Bonchev–Trinajstić information content (AvgIpc) is 3.91. The van der Waals surface area contributed by atoms with Crippen LogP contribution in [-0.2, 0) is 25.8 Å². The molecule has 6 aromatic carbocycles. The zero-order valence-electron chi connectivity index (χ0n) is 35.1. The van der Waals surface area contributed by atoms with Crippen LogP contribution in [0, 0.1) is 0 Å². The van der Waals surface area contributed by atoms with E-state index >= 15 is 0 Å². The minimum atomic E-state index is -0.0202. The van der Waals surface area contributed by atoms with Crippen molar-refractivity contribution in [2.75, 3.05) is 0 Å². The van der Waals surface area contributed by atoms with Gasteiger partial charge in [-0.25, -0.2) is 0 Å². The second-order valence-electron chi connectivity index (χ2n) is 17.8. The number of halogens is 2. The maximum atomic E-state index is 2.60. The summed E-state index contributed by atoms with van der Waals surface area (Å²) in [6, 6.07) is 46.1. The molecule has 0 amide bonds.